The predicted molar refractivity (Wildman–Crippen MR) is 74.2 cm³/mol. The first-order chi connectivity index (χ1) is 8.71. The van der Waals surface area contributed by atoms with Gasteiger partial charge in [-0.05, 0) is 44.2 Å². The van der Waals surface area contributed by atoms with Crippen molar-refractivity contribution in [3.63, 3.8) is 0 Å². The lowest BCUT2D eigenvalue weighted by Crippen LogP contribution is -2.53. The second kappa shape index (κ2) is 4.58. The van der Waals surface area contributed by atoms with Gasteiger partial charge in [-0.1, -0.05) is 24.6 Å². The van der Waals surface area contributed by atoms with Gasteiger partial charge in [-0.2, -0.15) is 0 Å². The highest BCUT2D eigenvalue weighted by molar-refractivity contribution is 5.40. The van der Waals surface area contributed by atoms with E-state index in [0.29, 0.717) is 11.6 Å². The Bertz CT molecular complexity index is 431. The second-order valence-corrected chi connectivity index (χ2v) is 5.92. The molecule has 98 valence electrons. The monoisotopic (exact) mass is 245 g/mol. The molecule has 1 atom stereocenters. The van der Waals surface area contributed by atoms with E-state index in [4.69, 9.17) is 4.74 Å². The van der Waals surface area contributed by atoms with E-state index in [-0.39, 0.29) is 0 Å². The molecule has 2 heteroatoms. The van der Waals surface area contributed by atoms with Gasteiger partial charge in [0.2, 0.25) is 0 Å². The summed E-state index contributed by atoms with van der Waals surface area (Å²) in [7, 11) is 0. The van der Waals surface area contributed by atoms with Crippen LogP contribution < -0.4 is 10.1 Å². The lowest BCUT2D eigenvalue weighted by molar-refractivity contribution is 0.142. The summed E-state index contributed by atoms with van der Waals surface area (Å²) in [6, 6.07) is 6.51. The Hall–Kier alpha value is -1.02. The van der Waals surface area contributed by atoms with Gasteiger partial charge in [-0.15, -0.1) is 0 Å². The van der Waals surface area contributed by atoms with Crippen LogP contribution in [-0.2, 0) is 6.42 Å². The molecule has 2 nitrogen and oxygen atoms in total. The van der Waals surface area contributed by atoms with Crippen LogP contribution in [0.5, 0.6) is 5.75 Å². The average Bonchev–Trinajstić information content (AvgIpc) is 2.70. The molecular weight excluding hydrogens is 222 g/mol. The molecule has 1 heterocycles. The van der Waals surface area contributed by atoms with Gasteiger partial charge < -0.3 is 10.1 Å². The van der Waals surface area contributed by atoms with Gasteiger partial charge in [0.15, 0.2) is 0 Å². The first-order valence-corrected chi connectivity index (χ1v) is 7.22. The maximum absolute atomic E-state index is 6.01. The third-order valence-electron chi connectivity index (χ3n) is 4.65. The van der Waals surface area contributed by atoms with Gasteiger partial charge in [-0.25, -0.2) is 0 Å². The van der Waals surface area contributed by atoms with E-state index < -0.39 is 0 Å². The largest absolute Gasteiger partial charge is 0.488 e. The second-order valence-electron chi connectivity index (χ2n) is 5.92. The van der Waals surface area contributed by atoms with Gasteiger partial charge >= 0.3 is 0 Å². The minimum absolute atomic E-state index is 0.325. The quantitative estimate of drug-likeness (QED) is 0.879. The summed E-state index contributed by atoms with van der Waals surface area (Å²) < 4.78 is 6.01. The Labute approximate surface area is 110 Å². The smallest absolute Gasteiger partial charge is 0.123 e. The maximum Gasteiger partial charge on any atom is 0.123 e. The number of fused-ring (bicyclic) bond motifs is 1. The summed E-state index contributed by atoms with van der Waals surface area (Å²) in [6.45, 7) is 5.42. The molecule has 18 heavy (non-hydrogen) atoms. The summed E-state index contributed by atoms with van der Waals surface area (Å²) in [5, 5.41) is 3.75. The molecule has 0 aromatic heterocycles. The van der Waals surface area contributed by atoms with Gasteiger partial charge in [0, 0.05) is 18.5 Å². The van der Waals surface area contributed by atoms with Crippen LogP contribution in [0.3, 0.4) is 0 Å². The molecule has 1 fully saturated rings. The van der Waals surface area contributed by atoms with Crippen LogP contribution in [0.15, 0.2) is 18.2 Å². The maximum atomic E-state index is 6.01. The summed E-state index contributed by atoms with van der Waals surface area (Å²) in [6.07, 6.45) is 6.68. The zero-order valence-corrected chi connectivity index (χ0v) is 11.5. The van der Waals surface area contributed by atoms with Crippen LogP contribution in [0.4, 0.5) is 0 Å². The zero-order chi connectivity index (χ0) is 12.6. The van der Waals surface area contributed by atoms with Crippen molar-refractivity contribution in [1.29, 1.82) is 0 Å². The van der Waals surface area contributed by atoms with Crippen LogP contribution in [0.25, 0.3) is 0 Å². The van der Waals surface area contributed by atoms with E-state index >= 15 is 0 Å². The van der Waals surface area contributed by atoms with Crippen LogP contribution in [-0.4, -0.2) is 18.2 Å². The molecule has 0 spiro atoms. The highest BCUT2D eigenvalue weighted by atomic mass is 16.5. The molecule has 0 radical (unpaired) electrons. The molecule has 0 saturated heterocycles. The summed E-state index contributed by atoms with van der Waals surface area (Å²) in [5.41, 5.74) is 3.13. The molecule has 1 unspecified atom stereocenters. The lowest BCUT2D eigenvalue weighted by atomic mass is 9.75. The van der Waals surface area contributed by atoms with E-state index in [0.717, 1.165) is 18.7 Å². The third kappa shape index (κ3) is 2.14. The van der Waals surface area contributed by atoms with E-state index in [1.165, 1.54) is 36.8 Å². The van der Waals surface area contributed by atoms with Crippen molar-refractivity contribution >= 4 is 0 Å². The number of ether oxygens (including phenoxy) is 1. The molecule has 1 aliphatic heterocycles. The molecular formula is C16H23NO. The first kappa shape index (κ1) is 12.0. The van der Waals surface area contributed by atoms with Crippen molar-refractivity contribution in [1.82, 2.24) is 5.32 Å². The summed E-state index contributed by atoms with van der Waals surface area (Å²) in [4.78, 5) is 0. The van der Waals surface area contributed by atoms with Crippen molar-refractivity contribution in [3.8, 4) is 5.75 Å². The topological polar surface area (TPSA) is 21.3 Å². The Morgan fingerprint density at radius 3 is 2.89 bits per heavy atom. The third-order valence-corrected chi connectivity index (χ3v) is 4.65. The summed E-state index contributed by atoms with van der Waals surface area (Å²) >= 11 is 0. The van der Waals surface area contributed by atoms with E-state index in [1.54, 1.807) is 0 Å². The number of aryl methyl sites for hydroxylation is 1. The first-order valence-electron chi connectivity index (χ1n) is 7.22. The van der Waals surface area contributed by atoms with Gasteiger partial charge in [0.25, 0.3) is 0 Å². The molecule has 1 aromatic carbocycles. The fourth-order valence-electron chi connectivity index (χ4n) is 3.15. The highest BCUT2D eigenvalue weighted by Gasteiger charge is 2.35. The van der Waals surface area contributed by atoms with Gasteiger partial charge in [-0.3, -0.25) is 0 Å². The zero-order valence-electron chi connectivity index (χ0n) is 11.5. The predicted octanol–water partition coefficient (Wildman–Crippen LogP) is 3.22. The molecule has 1 aliphatic carbocycles. The van der Waals surface area contributed by atoms with Crippen LogP contribution in [0.2, 0.25) is 0 Å². The van der Waals surface area contributed by atoms with Crippen molar-refractivity contribution in [2.75, 3.05) is 6.54 Å². The van der Waals surface area contributed by atoms with Gasteiger partial charge in [0.1, 0.15) is 11.9 Å². The van der Waals surface area contributed by atoms with Crippen molar-refractivity contribution in [3.05, 3.63) is 29.3 Å². The highest BCUT2D eigenvalue weighted by Crippen LogP contribution is 2.35. The van der Waals surface area contributed by atoms with E-state index in [2.05, 4.69) is 37.4 Å². The molecule has 1 N–H and O–H groups in total. The number of benzene rings is 1. The number of hydrogen-bond acceptors (Lipinski definition) is 2. The minimum Gasteiger partial charge on any atom is -0.488 e. The molecule has 3 rings (SSSR count). The minimum atomic E-state index is 0.325. The fourth-order valence-corrected chi connectivity index (χ4v) is 3.15. The number of hydrogen-bond donors (Lipinski definition) is 1. The fraction of sp³-hybridized carbons (Fsp3) is 0.625. The Balaban J connectivity index is 1.58. The summed E-state index contributed by atoms with van der Waals surface area (Å²) in [5.74, 6) is 1.09. The van der Waals surface area contributed by atoms with Crippen LogP contribution in [0.1, 0.15) is 43.7 Å². The van der Waals surface area contributed by atoms with Crippen molar-refractivity contribution in [2.24, 2.45) is 0 Å². The Morgan fingerprint density at radius 1 is 1.39 bits per heavy atom. The normalized spacial score (nSPS) is 24.2. The lowest BCUT2D eigenvalue weighted by Gasteiger charge is -2.42. The SMILES string of the molecule is CCC1(NCC2Cc3cc(C)ccc3O2)CCC1. The molecule has 0 amide bonds. The molecule has 0 bridgehead atoms. The number of rotatable bonds is 4. The Kier molecular flexibility index (Phi) is 3.06. The van der Waals surface area contributed by atoms with E-state index in [9.17, 15) is 0 Å². The molecule has 1 saturated carbocycles. The number of nitrogens with one attached hydrogen (secondary N) is 1. The molecule has 2 aliphatic rings. The Morgan fingerprint density at radius 2 is 2.22 bits per heavy atom. The average molecular weight is 245 g/mol. The van der Waals surface area contributed by atoms with Crippen LogP contribution >= 0.6 is 0 Å². The van der Waals surface area contributed by atoms with Gasteiger partial charge in [0.05, 0.1) is 0 Å². The molecule has 1 aromatic rings. The van der Waals surface area contributed by atoms with Crippen molar-refractivity contribution in [2.45, 2.75) is 57.6 Å². The standard InChI is InChI=1S/C16H23NO/c1-3-16(7-4-8-16)17-11-14-10-13-9-12(2)5-6-15(13)18-14/h5-6,9,14,17H,3-4,7-8,10-11H2,1-2H3. The van der Waals surface area contributed by atoms with E-state index in [1.807, 2.05) is 0 Å². The van der Waals surface area contributed by atoms with Crippen molar-refractivity contribution < 1.29 is 4.74 Å². The van der Waals surface area contributed by atoms with Crippen LogP contribution in [0, 0.1) is 6.92 Å².